The molecule has 1 saturated heterocycles. The largest absolute Gasteiger partial charge is 0.381 e. The SMILES string of the molecule is [CH]1CCCCOC1. The Hall–Kier alpha value is -0.0400. The third kappa shape index (κ3) is 1.93. The molecule has 7 heavy (non-hydrogen) atoms. The molecule has 0 aromatic rings. The summed E-state index contributed by atoms with van der Waals surface area (Å²) in [6, 6.07) is 0. The summed E-state index contributed by atoms with van der Waals surface area (Å²) in [6.45, 7) is 1.84. The Kier molecular flexibility index (Phi) is 2.21. The van der Waals surface area contributed by atoms with Gasteiger partial charge in [-0.25, -0.2) is 0 Å². The van der Waals surface area contributed by atoms with E-state index in [2.05, 4.69) is 6.42 Å². The fourth-order valence-corrected chi connectivity index (χ4v) is 0.743. The highest BCUT2D eigenvalue weighted by atomic mass is 16.5. The maximum Gasteiger partial charge on any atom is 0.0497 e. The second-order valence-corrected chi connectivity index (χ2v) is 1.86. The first kappa shape index (κ1) is 5.10. The molecule has 0 aromatic heterocycles. The van der Waals surface area contributed by atoms with E-state index in [4.69, 9.17) is 4.74 Å². The molecule has 1 rings (SSSR count). The lowest BCUT2D eigenvalue weighted by Crippen LogP contribution is -1.89. The van der Waals surface area contributed by atoms with Crippen LogP contribution in [0.5, 0.6) is 0 Å². The van der Waals surface area contributed by atoms with Gasteiger partial charge < -0.3 is 4.74 Å². The minimum atomic E-state index is 0.875. The highest BCUT2D eigenvalue weighted by Gasteiger charge is 1.95. The molecular formula is C6H11O. The zero-order chi connectivity index (χ0) is 4.95. The first-order chi connectivity index (χ1) is 3.50. The zero-order valence-corrected chi connectivity index (χ0v) is 4.52. The van der Waals surface area contributed by atoms with Gasteiger partial charge in [0.25, 0.3) is 0 Å². The van der Waals surface area contributed by atoms with Gasteiger partial charge in [-0.3, -0.25) is 0 Å². The zero-order valence-electron chi connectivity index (χ0n) is 4.52. The van der Waals surface area contributed by atoms with Crippen molar-refractivity contribution in [1.29, 1.82) is 0 Å². The molecule has 0 atom stereocenters. The third-order valence-corrected chi connectivity index (χ3v) is 1.18. The van der Waals surface area contributed by atoms with Crippen LogP contribution in [0.2, 0.25) is 0 Å². The average molecular weight is 99.2 g/mol. The van der Waals surface area contributed by atoms with Gasteiger partial charge in [0.05, 0.1) is 0 Å². The molecule has 41 valence electrons. The van der Waals surface area contributed by atoms with E-state index in [1.54, 1.807) is 0 Å². The molecule has 0 bridgehead atoms. The van der Waals surface area contributed by atoms with Crippen LogP contribution in [-0.4, -0.2) is 13.2 Å². The lowest BCUT2D eigenvalue weighted by atomic mass is 10.2. The van der Waals surface area contributed by atoms with E-state index in [1.165, 1.54) is 19.3 Å². The minimum Gasteiger partial charge on any atom is -0.381 e. The average Bonchev–Trinajstić information content (AvgIpc) is 1.90. The Morgan fingerprint density at radius 2 is 2.29 bits per heavy atom. The van der Waals surface area contributed by atoms with E-state index in [0.29, 0.717) is 0 Å². The summed E-state index contributed by atoms with van der Waals surface area (Å²) < 4.78 is 5.14. The minimum absolute atomic E-state index is 0.875. The predicted molar refractivity (Wildman–Crippen MR) is 29.0 cm³/mol. The van der Waals surface area contributed by atoms with Crippen molar-refractivity contribution in [3.63, 3.8) is 0 Å². The smallest absolute Gasteiger partial charge is 0.0497 e. The van der Waals surface area contributed by atoms with Gasteiger partial charge in [0.1, 0.15) is 0 Å². The van der Waals surface area contributed by atoms with Crippen LogP contribution >= 0.6 is 0 Å². The number of hydrogen-bond acceptors (Lipinski definition) is 1. The van der Waals surface area contributed by atoms with E-state index in [-0.39, 0.29) is 0 Å². The standard InChI is InChI=1S/C6H11O/c1-2-4-6-7-5-3-1/h3H,1-2,4-6H2. The first-order valence-electron chi connectivity index (χ1n) is 2.89. The van der Waals surface area contributed by atoms with Crippen molar-refractivity contribution < 1.29 is 4.74 Å². The summed E-state index contributed by atoms with van der Waals surface area (Å²) in [5.74, 6) is 0. The maximum absolute atomic E-state index is 5.14. The van der Waals surface area contributed by atoms with Crippen LogP contribution in [0.25, 0.3) is 0 Å². The van der Waals surface area contributed by atoms with E-state index in [1.807, 2.05) is 0 Å². The Bertz CT molecular complexity index is 23.8. The van der Waals surface area contributed by atoms with Crippen LogP contribution in [-0.2, 0) is 4.74 Å². The van der Waals surface area contributed by atoms with Gasteiger partial charge in [0.2, 0.25) is 0 Å². The van der Waals surface area contributed by atoms with Crippen molar-refractivity contribution in [2.24, 2.45) is 0 Å². The molecular weight excluding hydrogens is 88.1 g/mol. The second-order valence-electron chi connectivity index (χ2n) is 1.86. The summed E-state index contributed by atoms with van der Waals surface area (Å²) >= 11 is 0. The molecule has 0 saturated carbocycles. The van der Waals surface area contributed by atoms with Crippen LogP contribution in [0.15, 0.2) is 0 Å². The molecule has 0 spiro atoms. The number of ether oxygens (including phenoxy) is 1. The normalized spacial score (nSPS) is 24.0. The topological polar surface area (TPSA) is 9.23 Å². The number of rotatable bonds is 0. The summed E-state index contributed by atoms with van der Waals surface area (Å²) in [5, 5.41) is 0. The maximum atomic E-state index is 5.14. The molecule has 0 aliphatic carbocycles. The van der Waals surface area contributed by atoms with Gasteiger partial charge >= 0.3 is 0 Å². The summed E-state index contributed by atoms with van der Waals surface area (Å²) in [6.07, 6.45) is 6.02. The van der Waals surface area contributed by atoms with Crippen molar-refractivity contribution in [1.82, 2.24) is 0 Å². The molecule has 0 N–H and O–H groups in total. The summed E-state index contributed by atoms with van der Waals surface area (Å²) in [4.78, 5) is 0. The lowest BCUT2D eigenvalue weighted by Gasteiger charge is -1.91. The second kappa shape index (κ2) is 3.03. The van der Waals surface area contributed by atoms with Crippen LogP contribution in [0, 0.1) is 6.42 Å². The van der Waals surface area contributed by atoms with Crippen molar-refractivity contribution in [2.45, 2.75) is 19.3 Å². The van der Waals surface area contributed by atoms with Gasteiger partial charge in [-0.1, -0.05) is 6.42 Å². The molecule has 1 heterocycles. The van der Waals surface area contributed by atoms with Gasteiger partial charge in [-0.2, -0.15) is 0 Å². The molecule has 1 fully saturated rings. The Morgan fingerprint density at radius 1 is 1.29 bits per heavy atom. The summed E-state index contributed by atoms with van der Waals surface area (Å²) in [5.41, 5.74) is 0. The Morgan fingerprint density at radius 3 is 3.29 bits per heavy atom. The lowest BCUT2D eigenvalue weighted by molar-refractivity contribution is 0.161. The van der Waals surface area contributed by atoms with Gasteiger partial charge in [0.15, 0.2) is 0 Å². The van der Waals surface area contributed by atoms with E-state index in [0.717, 1.165) is 13.2 Å². The molecule has 1 radical (unpaired) electrons. The third-order valence-electron chi connectivity index (χ3n) is 1.18. The molecule has 0 aromatic carbocycles. The molecule has 0 unspecified atom stereocenters. The molecule has 1 aliphatic rings. The number of hydrogen-bond donors (Lipinski definition) is 0. The molecule has 1 nitrogen and oxygen atoms in total. The van der Waals surface area contributed by atoms with E-state index < -0.39 is 0 Å². The van der Waals surface area contributed by atoms with Gasteiger partial charge in [-0.05, 0) is 19.3 Å². The van der Waals surface area contributed by atoms with Gasteiger partial charge in [-0.15, -0.1) is 0 Å². The highest BCUT2D eigenvalue weighted by molar-refractivity contribution is 4.65. The van der Waals surface area contributed by atoms with Crippen LogP contribution in [0.1, 0.15) is 19.3 Å². The van der Waals surface area contributed by atoms with Crippen molar-refractivity contribution >= 4 is 0 Å². The Labute approximate surface area is 44.7 Å². The first-order valence-corrected chi connectivity index (χ1v) is 2.89. The van der Waals surface area contributed by atoms with Crippen LogP contribution in [0.3, 0.4) is 0 Å². The Balaban J connectivity index is 2.04. The van der Waals surface area contributed by atoms with Gasteiger partial charge in [0, 0.05) is 13.2 Å². The highest BCUT2D eigenvalue weighted by Crippen LogP contribution is 2.03. The molecule has 0 amide bonds. The molecule has 1 aliphatic heterocycles. The van der Waals surface area contributed by atoms with E-state index in [9.17, 15) is 0 Å². The van der Waals surface area contributed by atoms with Crippen LogP contribution < -0.4 is 0 Å². The fraction of sp³-hybridized carbons (Fsp3) is 0.833. The van der Waals surface area contributed by atoms with Crippen molar-refractivity contribution in [2.75, 3.05) is 13.2 Å². The quantitative estimate of drug-likeness (QED) is 0.446. The van der Waals surface area contributed by atoms with Crippen LogP contribution in [0.4, 0.5) is 0 Å². The van der Waals surface area contributed by atoms with Crippen molar-refractivity contribution in [3.8, 4) is 0 Å². The molecule has 1 heteroatoms. The van der Waals surface area contributed by atoms with Crippen molar-refractivity contribution in [3.05, 3.63) is 6.42 Å². The van der Waals surface area contributed by atoms with E-state index >= 15 is 0 Å². The predicted octanol–water partition coefficient (Wildman–Crippen LogP) is 1.39. The monoisotopic (exact) mass is 99.1 g/mol. The fourth-order valence-electron chi connectivity index (χ4n) is 0.743. The summed E-state index contributed by atoms with van der Waals surface area (Å²) in [7, 11) is 0.